The highest BCUT2D eigenvalue weighted by Crippen LogP contribution is 2.23. The fraction of sp³-hybridized carbons (Fsp3) is 0.500. The Labute approximate surface area is 112 Å². The van der Waals surface area contributed by atoms with Crippen LogP contribution in [0.2, 0.25) is 0 Å². The van der Waals surface area contributed by atoms with E-state index >= 15 is 0 Å². The molecule has 0 fully saturated rings. The summed E-state index contributed by atoms with van der Waals surface area (Å²) >= 11 is 0. The summed E-state index contributed by atoms with van der Waals surface area (Å²) in [4.78, 5) is 11.3. The van der Waals surface area contributed by atoms with Crippen molar-refractivity contribution in [1.82, 2.24) is 5.32 Å². The number of anilines is 1. The van der Waals surface area contributed by atoms with Crippen LogP contribution >= 0.6 is 0 Å². The first-order valence-corrected chi connectivity index (χ1v) is 6.59. The molecule has 5 heteroatoms. The van der Waals surface area contributed by atoms with Gasteiger partial charge in [-0.25, -0.2) is 0 Å². The molecule has 0 bridgehead atoms. The molecule has 104 valence electrons. The number of aliphatic hydroxyl groups is 2. The molecule has 1 aromatic rings. The van der Waals surface area contributed by atoms with Crippen molar-refractivity contribution in [2.24, 2.45) is 0 Å². The molecule has 2 rings (SSSR count). The zero-order chi connectivity index (χ0) is 13.7. The Balaban J connectivity index is 1.90. The van der Waals surface area contributed by atoms with Crippen molar-refractivity contribution in [3.8, 4) is 0 Å². The quantitative estimate of drug-likeness (QED) is 0.585. The second-order valence-corrected chi connectivity index (χ2v) is 4.81. The zero-order valence-electron chi connectivity index (χ0n) is 10.9. The van der Waals surface area contributed by atoms with Crippen LogP contribution < -0.4 is 10.6 Å². The van der Waals surface area contributed by atoms with Crippen LogP contribution in [0.15, 0.2) is 18.2 Å². The van der Waals surface area contributed by atoms with E-state index in [4.69, 9.17) is 10.2 Å². The normalized spacial score (nSPS) is 14.4. The number of carbonyl (C=O) groups is 1. The number of carbonyl (C=O) groups excluding carboxylic acids is 1. The maximum atomic E-state index is 11.3. The molecule has 0 aromatic heterocycles. The summed E-state index contributed by atoms with van der Waals surface area (Å²) in [6.45, 7) is 0.580. The lowest BCUT2D eigenvalue weighted by Gasteiger charge is -2.18. The Morgan fingerprint density at radius 3 is 2.79 bits per heavy atom. The number of hydrogen-bond donors (Lipinski definition) is 4. The van der Waals surface area contributed by atoms with Crippen LogP contribution in [0.5, 0.6) is 0 Å². The molecule has 0 spiro atoms. The van der Waals surface area contributed by atoms with Gasteiger partial charge in [-0.05, 0) is 36.6 Å². The molecular formula is C14H20N2O3. The van der Waals surface area contributed by atoms with Crippen LogP contribution in [0.4, 0.5) is 5.69 Å². The molecule has 0 unspecified atom stereocenters. The summed E-state index contributed by atoms with van der Waals surface area (Å²) in [5.41, 5.74) is 3.28. The molecule has 4 N–H and O–H groups in total. The third-order valence-electron chi connectivity index (χ3n) is 3.35. The van der Waals surface area contributed by atoms with E-state index < -0.39 is 0 Å². The van der Waals surface area contributed by atoms with Crippen LogP contribution in [-0.2, 0) is 17.6 Å². The highest BCUT2D eigenvalue weighted by atomic mass is 16.3. The van der Waals surface area contributed by atoms with E-state index in [0.29, 0.717) is 13.0 Å². The molecule has 1 heterocycles. The van der Waals surface area contributed by atoms with Crippen molar-refractivity contribution < 1.29 is 15.0 Å². The summed E-state index contributed by atoms with van der Waals surface area (Å²) in [6, 6.07) is 5.80. The molecule has 0 radical (unpaired) electrons. The maximum Gasteiger partial charge on any atom is 0.224 e. The Bertz CT molecular complexity index is 444. The van der Waals surface area contributed by atoms with Crippen molar-refractivity contribution in [3.63, 3.8) is 0 Å². The van der Waals surface area contributed by atoms with Crippen LogP contribution in [0.25, 0.3) is 0 Å². The van der Waals surface area contributed by atoms with Gasteiger partial charge in [-0.15, -0.1) is 0 Å². The second-order valence-electron chi connectivity index (χ2n) is 4.81. The monoisotopic (exact) mass is 264 g/mol. The molecular weight excluding hydrogens is 244 g/mol. The smallest absolute Gasteiger partial charge is 0.224 e. The average molecular weight is 264 g/mol. The average Bonchev–Trinajstić information content (AvgIpc) is 2.43. The Morgan fingerprint density at radius 1 is 1.26 bits per heavy atom. The molecule has 5 nitrogen and oxygen atoms in total. The van der Waals surface area contributed by atoms with Crippen molar-refractivity contribution in [2.75, 3.05) is 25.1 Å². The minimum atomic E-state index is -0.253. The fourth-order valence-corrected chi connectivity index (χ4v) is 2.20. The highest BCUT2D eigenvalue weighted by Gasteiger charge is 2.14. The van der Waals surface area contributed by atoms with Crippen molar-refractivity contribution in [3.05, 3.63) is 29.3 Å². The third-order valence-corrected chi connectivity index (χ3v) is 3.35. The van der Waals surface area contributed by atoms with E-state index in [0.717, 1.165) is 18.5 Å². The van der Waals surface area contributed by atoms with Gasteiger partial charge in [0, 0.05) is 12.1 Å². The first-order valence-electron chi connectivity index (χ1n) is 6.59. The van der Waals surface area contributed by atoms with Crippen molar-refractivity contribution in [2.45, 2.75) is 25.3 Å². The molecule has 1 aromatic carbocycles. The minimum Gasteiger partial charge on any atom is -0.395 e. The van der Waals surface area contributed by atoms with Crippen LogP contribution in [-0.4, -0.2) is 41.9 Å². The Kier molecular flexibility index (Phi) is 4.90. The minimum absolute atomic E-state index is 0.0628. The van der Waals surface area contributed by atoms with Gasteiger partial charge in [0.1, 0.15) is 0 Å². The number of fused-ring (bicyclic) bond motifs is 1. The third kappa shape index (κ3) is 3.76. The van der Waals surface area contributed by atoms with Crippen LogP contribution in [0.1, 0.15) is 17.5 Å². The summed E-state index contributed by atoms with van der Waals surface area (Å²) in [7, 11) is 0. The zero-order valence-corrected chi connectivity index (χ0v) is 10.9. The van der Waals surface area contributed by atoms with E-state index in [1.54, 1.807) is 0 Å². The summed E-state index contributed by atoms with van der Waals surface area (Å²) in [5, 5.41) is 23.8. The van der Waals surface area contributed by atoms with Crippen LogP contribution in [0.3, 0.4) is 0 Å². The number of hydrogen-bond acceptors (Lipinski definition) is 4. The summed E-state index contributed by atoms with van der Waals surface area (Å²) in [6.07, 6.45) is 2.17. The molecule has 0 saturated heterocycles. The predicted molar refractivity (Wildman–Crippen MR) is 73.1 cm³/mol. The fourth-order valence-electron chi connectivity index (χ4n) is 2.20. The first-order chi connectivity index (χ1) is 9.22. The molecule has 0 saturated carbocycles. The molecule has 1 aliphatic heterocycles. The van der Waals surface area contributed by atoms with Gasteiger partial charge in [-0.3, -0.25) is 4.79 Å². The van der Waals surface area contributed by atoms with Gasteiger partial charge >= 0.3 is 0 Å². The van der Waals surface area contributed by atoms with Gasteiger partial charge in [0.25, 0.3) is 0 Å². The number of benzene rings is 1. The van der Waals surface area contributed by atoms with Gasteiger partial charge < -0.3 is 20.8 Å². The lowest BCUT2D eigenvalue weighted by atomic mass is 9.99. The largest absolute Gasteiger partial charge is 0.395 e. The van der Waals surface area contributed by atoms with Crippen molar-refractivity contribution in [1.29, 1.82) is 0 Å². The molecule has 0 atom stereocenters. The lowest BCUT2D eigenvalue weighted by molar-refractivity contribution is -0.116. The van der Waals surface area contributed by atoms with E-state index in [1.165, 1.54) is 11.1 Å². The Hall–Kier alpha value is -1.43. The molecule has 0 aliphatic carbocycles. The van der Waals surface area contributed by atoms with Gasteiger partial charge in [0.2, 0.25) is 5.91 Å². The van der Waals surface area contributed by atoms with E-state index in [9.17, 15) is 4.79 Å². The summed E-state index contributed by atoms with van der Waals surface area (Å²) < 4.78 is 0. The molecule has 19 heavy (non-hydrogen) atoms. The highest BCUT2D eigenvalue weighted by molar-refractivity contribution is 5.93. The van der Waals surface area contributed by atoms with Crippen molar-refractivity contribution >= 4 is 11.6 Å². The summed E-state index contributed by atoms with van der Waals surface area (Å²) in [5.74, 6) is 0.0793. The number of nitrogens with one attached hydrogen (secondary N) is 2. The van der Waals surface area contributed by atoms with Gasteiger partial charge in [0.05, 0.1) is 19.3 Å². The predicted octanol–water partition coefficient (Wildman–Crippen LogP) is 0.0566. The van der Waals surface area contributed by atoms with Gasteiger partial charge in [0.15, 0.2) is 0 Å². The lowest BCUT2D eigenvalue weighted by Crippen LogP contribution is -2.36. The van der Waals surface area contributed by atoms with E-state index in [2.05, 4.69) is 16.7 Å². The van der Waals surface area contributed by atoms with E-state index in [-0.39, 0.29) is 25.2 Å². The standard InChI is InChI=1S/C14H20N2O3/c17-8-12(9-18)15-6-5-10-1-3-13-11(7-10)2-4-14(19)16-13/h1,3,7,12,15,17-18H,2,4-6,8-9H2,(H,16,19). The number of rotatable bonds is 6. The number of amides is 1. The van der Waals surface area contributed by atoms with Crippen LogP contribution in [0, 0.1) is 0 Å². The van der Waals surface area contributed by atoms with E-state index in [1.807, 2.05) is 12.1 Å². The Morgan fingerprint density at radius 2 is 2.05 bits per heavy atom. The van der Waals surface area contributed by atoms with Gasteiger partial charge in [-0.1, -0.05) is 12.1 Å². The van der Waals surface area contributed by atoms with Gasteiger partial charge in [-0.2, -0.15) is 0 Å². The topological polar surface area (TPSA) is 81.6 Å². The molecule has 1 amide bonds. The molecule has 1 aliphatic rings. The number of aliphatic hydroxyl groups excluding tert-OH is 2. The maximum absolute atomic E-state index is 11.3. The SMILES string of the molecule is O=C1CCc2cc(CCNC(CO)CO)ccc2N1. The number of aryl methyl sites for hydroxylation is 1. The second kappa shape index (κ2) is 6.65. The first kappa shape index (κ1) is 14.0.